The van der Waals surface area contributed by atoms with Gasteiger partial charge in [-0.3, -0.25) is 4.72 Å². The van der Waals surface area contributed by atoms with Crippen molar-refractivity contribution in [1.29, 1.82) is 0 Å². The number of methoxy groups -OCH3 is 1. The quantitative estimate of drug-likeness (QED) is 0.671. The van der Waals surface area contributed by atoms with Gasteiger partial charge in [-0.25, -0.2) is 13.2 Å². The molecule has 3 aromatic rings. The predicted octanol–water partition coefficient (Wildman–Crippen LogP) is 4.25. The summed E-state index contributed by atoms with van der Waals surface area (Å²) in [5, 5.41) is 0. The van der Waals surface area contributed by atoms with E-state index in [2.05, 4.69) is 4.72 Å². The third-order valence-corrected chi connectivity index (χ3v) is 5.48. The highest BCUT2D eigenvalue weighted by Gasteiger charge is 2.17. The second-order valence-corrected chi connectivity index (χ2v) is 7.72. The van der Waals surface area contributed by atoms with Crippen molar-refractivity contribution < 1.29 is 17.9 Å². The first-order valence-corrected chi connectivity index (χ1v) is 9.76. The van der Waals surface area contributed by atoms with E-state index in [1.807, 2.05) is 19.1 Å². The number of nitrogens with one attached hydrogen (secondary N) is 1. The SMILES string of the molecule is COC(=O)c1cccc(-c2ccccc2NS(=O)(=O)c2ccc(C)cc2)c1. The molecule has 0 saturated heterocycles. The standard InChI is InChI=1S/C21H19NO4S/c1-15-10-12-18(13-11-15)27(24,25)22-20-9-4-3-8-19(20)16-6-5-7-17(14-16)21(23)26-2/h3-14,22H,1-2H3. The van der Waals surface area contributed by atoms with Gasteiger partial charge in [0, 0.05) is 5.56 Å². The summed E-state index contributed by atoms with van der Waals surface area (Å²) in [7, 11) is -2.42. The fourth-order valence-corrected chi connectivity index (χ4v) is 3.76. The summed E-state index contributed by atoms with van der Waals surface area (Å²) in [6.07, 6.45) is 0. The van der Waals surface area contributed by atoms with Crippen LogP contribution in [0.3, 0.4) is 0 Å². The summed E-state index contributed by atoms with van der Waals surface area (Å²) in [6.45, 7) is 1.90. The van der Waals surface area contributed by atoms with Crippen molar-refractivity contribution in [1.82, 2.24) is 0 Å². The number of hydrogen-bond acceptors (Lipinski definition) is 4. The van der Waals surface area contributed by atoms with Crippen molar-refractivity contribution in [2.75, 3.05) is 11.8 Å². The molecule has 6 heteroatoms. The summed E-state index contributed by atoms with van der Waals surface area (Å²) < 4.78 is 32.9. The second-order valence-electron chi connectivity index (χ2n) is 6.04. The number of sulfonamides is 1. The van der Waals surface area contributed by atoms with E-state index in [-0.39, 0.29) is 4.90 Å². The molecule has 0 aromatic heterocycles. The van der Waals surface area contributed by atoms with Crippen LogP contribution in [0.15, 0.2) is 77.7 Å². The van der Waals surface area contributed by atoms with E-state index in [0.717, 1.165) is 5.56 Å². The minimum Gasteiger partial charge on any atom is -0.465 e. The van der Waals surface area contributed by atoms with Crippen molar-refractivity contribution in [3.8, 4) is 11.1 Å². The number of aryl methyl sites for hydroxylation is 1. The molecule has 0 saturated carbocycles. The number of benzene rings is 3. The smallest absolute Gasteiger partial charge is 0.337 e. The number of para-hydroxylation sites is 1. The number of rotatable bonds is 5. The van der Waals surface area contributed by atoms with E-state index in [0.29, 0.717) is 22.4 Å². The van der Waals surface area contributed by atoms with Gasteiger partial charge < -0.3 is 4.74 Å². The normalized spacial score (nSPS) is 11.0. The fraction of sp³-hybridized carbons (Fsp3) is 0.0952. The molecule has 0 aliphatic carbocycles. The van der Waals surface area contributed by atoms with Crippen LogP contribution in [0.1, 0.15) is 15.9 Å². The maximum Gasteiger partial charge on any atom is 0.337 e. The molecule has 138 valence electrons. The molecule has 0 amide bonds. The lowest BCUT2D eigenvalue weighted by molar-refractivity contribution is 0.0601. The van der Waals surface area contributed by atoms with Crippen LogP contribution in [-0.2, 0) is 14.8 Å². The average molecular weight is 381 g/mol. The first-order chi connectivity index (χ1) is 12.9. The molecule has 0 unspecified atom stereocenters. The monoisotopic (exact) mass is 381 g/mol. The summed E-state index contributed by atoms with van der Waals surface area (Å²) in [5.41, 5.74) is 3.18. The summed E-state index contributed by atoms with van der Waals surface area (Å²) in [5.74, 6) is -0.449. The number of anilines is 1. The van der Waals surface area contributed by atoms with Gasteiger partial charge in [0.15, 0.2) is 0 Å². The van der Waals surface area contributed by atoms with E-state index >= 15 is 0 Å². The van der Waals surface area contributed by atoms with Crippen LogP contribution in [-0.4, -0.2) is 21.5 Å². The topological polar surface area (TPSA) is 72.5 Å². The molecule has 5 nitrogen and oxygen atoms in total. The van der Waals surface area contributed by atoms with Crippen LogP contribution in [0, 0.1) is 6.92 Å². The molecule has 0 aliphatic rings. The van der Waals surface area contributed by atoms with E-state index in [9.17, 15) is 13.2 Å². The minimum absolute atomic E-state index is 0.186. The average Bonchev–Trinajstić information content (AvgIpc) is 2.68. The van der Waals surface area contributed by atoms with Gasteiger partial charge in [-0.05, 0) is 42.8 Å². The zero-order chi connectivity index (χ0) is 19.4. The third kappa shape index (κ3) is 4.17. The zero-order valence-corrected chi connectivity index (χ0v) is 15.8. The predicted molar refractivity (Wildman–Crippen MR) is 105 cm³/mol. The van der Waals surface area contributed by atoms with Gasteiger partial charge in [0.1, 0.15) is 0 Å². The summed E-state index contributed by atoms with van der Waals surface area (Å²) in [4.78, 5) is 12.0. The highest BCUT2D eigenvalue weighted by molar-refractivity contribution is 7.92. The molecule has 0 atom stereocenters. The zero-order valence-electron chi connectivity index (χ0n) is 15.0. The molecule has 27 heavy (non-hydrogen) atoms. The number of esters is 1. The van der Waals surface area contributed by atoms with Crippen molar-refractivity contribution in [3.05, 3.63) is 83.9 Å². The Kier molecular flexibility index (Phi) is 5.28. The summed E-state index contributed by atoms with van der Waals surface area (Å²) >= 11 is 0. The first-order valence-electron chi connectivity index (χ1n) is 8.28. The van der Waals surface area contributed by atoms with E-state index in [1.165, 1.54) is 7.11 Å². The van der Waals surface area contributed by atoms with Crippen LogP contribution >= 0.6 is 0 Å². The van der Waals surface area contributed by atoms with E-state index in [4.69, 9.17) is 4.74 Å². The molecule has 1 N–H and O–H groups in total. The van der Waals surface area contributed by atoms with Gasteiger partial charge >= 0.3 is 5.97 Å². The molecule has 3 rings (SSSR count). The van der Waals surface area contributed by atoms with Gasteiger partial charge in [-0.15, -0.1) is 0 Å². The van der Waals surface area contributed by atoms with Crippen LogP contribution in [0.4, 0.5) is 5.69 Å². The van der Waals surface area contributed by atoms with Crippen molar-refractivity contribution in [3.63, 3.8) is 0 Å². The van der Waals surface area contributed by atoms with Crippen LogP contribution in [0.2, 0.25) is 0 Å². The largest absolute Gasteiger partial charge is 0.465 e. The number of hydrogen-bond donors (Lipinski definition) is 1. The van der Waals surface area contributed by atoms with Gasteiger partial charge in [0.25, 0.3) is 10.0 Å². The van der Waals surface area contributed by atoms with Crippen LogP contribution < -0.4 is 4.72 Å². The van der Waals surface area contributed by atoms with E-state index < -0.39 is 16.0 Å². The Morgan fingerprint density at radius 3 is 2.33 bits per heavy atom. The first kappa shape index (κ1) is 18.7. The van der Waals surface area contributed by atoms with Gasteiger partial charge in [-0.2, -0.15) is 0 Å². The van der Waals surface area contributed by atoms with Crippen molar-refractivity contribution in [2.24, 2.45) is 0 Å². The minimum atomic E-state index is -3.73. The van der Waals surface area contributed by atoms with Crippen LogP contribution in [0.5, 0.6) is 0 Å². The molecule has 3 aromatic carbocycles. The van der Waals surface area contributed by atoms with Crippen molar-refractivity contribution >= 4 is 21.7 Å². The molecule has 0 heterocycles. The number of carbonyl (C=O) groups is 1. The van der Waals surface area contributed by atoms with Gasteiger partial charge in [0.05, 0.1) is 23.3 Å². The number of ether oxygens (including phenoxy) is 1. The Morgan fingerprint density at radius 2 is 1.63 bits per heavy atom. The Bertz CT molecular complexity index is 1070. The fourth-order valence-electron chi connectivity index (χ4n) is 2.68. The second kappa shape index (κ2) is 7.63. The Balaban J connectivity index is 2.00. The molecule has 0 bridgehead atoms. The maximum absolute atomic E-state index is 12.7. The highest BCUT2D eigenvalue weighted by Crippen LogP contribution is 2.30. The van der Waals surface area contributed by atoms with Crippen LogP contribution in [0.25, 0.3) is 11.1 Å². The van der Waals surface area contributed by atoms with Crippen molar-refractivity contribution in [2.45, 2.75) is 11.8 Å². The molecule has 0 aliphatic heterocycles. The maximum atomic E-state index is 12.7. The lowest BCUT2D eigenvalue weighted by atomic mass is 10.0. The molecular weight excluding hydrogens is 362 g/mol. The van der Waals surface area contributed by atoms with Gasteiger partial charge in [0.2, 0.25) is 0 Å². The highest BCUT2D eigenvalue weighted by atomic mass is 32.2. The summed E-state index contributed by atoms with van der Waals surface area (Å²) in [6, 6.07) is 20.5. The van der Waals surface area contributed by atoms with E-state index in [1.54, 1.807) is 60.7 Å². The molecule has 0 radical (unpaired) electrons. The molecule has 0 fully saturated rings. The number of carbonyl (C=O) groups excluding carboxylic acids is 1. The lowest BCUT2D eigenvalue weighted by Gasteiger charge is -2.13. The Hall–Kier alpha value is -3.12. The Labute approximate surface area is 158 Å². The third-order valence-electron chi connectivity index (χ3n) is 4.10. The molecular formula is C21H19NO4S. The van der Waals surface area contributed by atoms with Gasteiger partial charge in [-0.1, -0.05) is 48.0 Å². The Morgan fingerprint density at radius 1 is 0.926 bits per heavy atom. The lowest BCUT2D eigenvalue weighted by Crippen LogP contribution is -2.13. The molecule has 0 spiro atoms.